The molecular formula is C12H14F2O. The SMILES string of the molecule is Cc1c(F)cc(F)c2c1[C@@H](O)CC2(C)C. The Balaban J connectivity index is 2.78. The molecule has 1 aromatic carbocycles. The lowest BCUT2D eigenvalue weighted by Gasteiger charge is -2.19. The number of rotatable bonds is 0. The van der Waals surface area contributed by atoms with E-state index in [4.69, 9.17) is 0 Å². The zero-order valence-corrected chi connectivity index (χ0v) is 9.06. The molecule has 0 aromatic heterocycles. The molecule has 0 radical (unpaired) electrons. The third-order valence-electron chi connectivity index (χ3n) is 3.24. The molecular weight excluding hydrogens is 198 g/mol. The number of benzene rings is 1. The molecule has 82 valence electrons. The van der Waals surface area contributed by atoms with Gasteiger partial charge in [-0.15, -0.1) is 0 Å². The Morgan fingerprint density at radius 3 is 2.53 bits per heavy atom. The average Bonchev–Trinajstić information content (AvgIpc) is 2.32. The van der Waals surface area contributed by atoms with Gasteiger partial charge < -0.3 is 5.11 Å². The quantitative estimate of drug-likeness (QED) is 0.701. The first-order chi connectivity index (χ1) is 6.84. The highest BCUT2D eigenvalue weighted by Crippen LogP contribution is 2.47. The summed E-state index contributed by atoms with van der Waals surface area (Å²) in [6.45, 7) is 5.31. The molecule has 2 rings (SSSR count). The van der Waals surface area contributed by atoms with E-state index in [2.05, 4.69) is 0 Å². The normalized spacial score (nSPS) is 22.9. The minimum absolute atomic E-state index is 0.365. The zero-order valence-electron chi connectivity index (χ0n) is 9.06. The van der Waals surface area contributed by atoms with Crippen LogP contribution in [0, 0.1) is 18.6 Å². The summed E-state index contributed by atoms with van der Waals surface area (Å²) >= 11 is 0. The van der Waals surface area contributed by atoms with Gasteiger partial charge in [-0.2, -0.15) is 0 Å². The van der Waals surface area contributed by atoms with Gasteiger partial charge in [0.1, 0.15) is 11.6 Å². The third kappa shape index (κ3) is 1.37. The molecule has 1 N–H and O–H groups in total. The first-order valence-electron chi connectivity index (χ1n) is 5.01. The average molecular weight is 212 g/mol. The Labute approximate surface area is 87.7 Å². The van der Waals surface area contributed by atoms with Crippen LogP contribution in [0.3, 0.4) is 0 Å². The highest BCUT2D eigenvalue weighted by atomic mass is 19.1. The van der Waals surface area contributed by atoms with Crippen molar-refractivity contribution in [3.63, 3.8) is 0 Å². The Morgan fingerprint density at radius 2 is 1.93 bits per heavy atom. The number of aliphatic hydroxyl groups excluding tert-OH is 1. The summed E-state index contributed by atoms with van der Waals surface area (Å²) in [7, 11) is 0. The van der Waals surface area contributed by atoms with Crippen molar-refractivity contribution in [2.24, 2.45) is 0 Å². The first kappa shape index (κ1) is 10.6. The topological polar surface area (TPSA) is 20.2 Å². The molecule has 0 amide bonds. The molecule has 1 atom stereocenters. The van der Waals surface area contributed by atoms with Crippen LogP contribution >= 0.6 is 0 Å². The van der Waals surface area contributed by atoms with Gasteiger partial charge in [-0.05, 0) is 35.4 Å². The number of hydrogen-bond acceptors (Lipinski definition) is 1. The van der Waals surface area contributed by atoms with E-state index in [9.17, 15) is 13.9 Å². The zero-order chi connectivity index (χ0) is 11.4. The minimum Gasteiger partial charge on any atom is -0.388 e. The largest absolute Gasteiger partial charge is 0.388 e. The van der Waals surface area contributed by atoms with E-state index in [-0.39, 0.29) is 0 Å². The molecule has 1 aliphatic rings. The summed E-state index contributed by atoms with van der Waals surface area (Å²) < 4.78 is 27.0. The van der Waals surface area contributed by atoms with Gasteiger partial charge >= 0.3 is 0 Å². The lowest BCUT2D eigenvalue weighted by molar-refractivity contribution is 0.160. The van der Waals surface area contributed by atoms with Gasteiger partial charge in [-0.1, -0.05) is 13.8 Å². The molecule has 3 heteroatoms. The van der Waals surface area contributed by atoms with Gasteiger partial charge in [-0.3, -0.25) is 0 Å². The van der Waals surface area contributed by atoms with Crippen molar-refractivity contribution in [1.82, 2.24) is 0 Å². The van der Waals surface area contributed by atoms with E-state index in [1.807, 2.05) is 13.8 Å². The summed E-state index contributed by atoms with van der Waals surface area (Å²) in [5.41, 5.74) is 0.855. The molecule has 0 aliphatic heterocycles. The maximum Gasteiger partial charge on any atom is 0.130 e. The van der Waals surface area contributed by atoms with Crippen molar-refractivity contribution in [2.45, 2.75) is 38.7 Å². The van der Waals surface area contributed by atoms with Crippen molar-refractivity contribution in [1.29, 1.82) is 0 Å². The lowest BCUT2D eigenvalue weighted by atomic mass is 9.85. The predicted octanol–water partition coefficient (Wildman–Crippen LogP) is 2.99. The Hall–Kier alpha value is -0.960. The van der Waals surface area contributed by atoms with Crippen molar-refractivity contribution in [2.75, 3.05) is 0 Å². The van der Waals surface area contributed by atoms with E-state index in [0.29, 0.717) is 23.1 Å². The van der Waals surface area contributed by atoms with Crippen molar-refractivity contribution >= 4 is 0 Å². The summed E-state index contributed by atoms with van der Waals surface area (Å²) in [4.78, 5) is 0. The smallest absolute Gasteiger partial charge is 0.130 e. The van der Waals surface area contributed by atoms with Crippen LogP contribution in [-0.2, 0) is 5.41 Å². The van der Waals surface area contributed by atoms with Crippen molar-refractivity contribution in [3.05, 3.63) is 34.4 Å². The van der Waals surface area contributed by atoms with Gasteiger partial charge in [-0.25, -0.2) is 8.78 Å². The number of halogens is 2. The highest BCUT2D eigenvalue weighted by molar-refractivity contribution is 5.46. The number of aliphatic hydroxyl groups is 1. The molecule has 1 aromatic rings. The van der Waals surface area contributed by atoms with Gasteiger partial charge in [0.15, 0.2) is 0 Å². The summed E-state index contributed by atoms with van der Waals surface area (Å²) in [6.07, 6.45) is -0.302. The van der Waals surface area contributed by atoms with Gasteiger partial charge in [0.05, 0.1) is 6.10 Å². The molecule has 0 saturated heterocycles. The van der Waals surface area contributed by atoms with Crippen LogP contribution in [0.15, 0.2) is 6.07 Å². The van der Waals surface area contributed by atoms with Crippen LogP contribution in [0.2, 0.25) is 0 Å². The van der Waals surface area contributed by atoms with E-state index < -0.39 is 23.2 Å². The van der Waals surface area contributed by atoms with E-state index in [0.717, 1.165) is 6.07 Å². The van der Waals surface area contributed by atoms with Crippen LogP contribution < -0.4 is 0 Å². The Morgan fingerprint density at radius 1 is 1.33 bits per heavy atom. The predicted molar refractivity (Wildman–Crippen MR) is 53.7 cm³/mol. The van der Waals surface area contributed by atoms with E-state index in [1.54, 1.807) is 6.92 Å². The molecule has 0 heterocycles. The monoisotopic (exact) mass is 212 g/mol. The van der Waals surface area contributed by atoms with Crippen LogP contribution in [0.5, 0.6) is 0 Å². The molecule has 0 bridgehead atoms. The summed E-state index contributed by atoms with van der Waals surface area (Å²) in [6, 6.07) is 0.911. The molecule has 1 aliphatic carbocycles. The minimum atomic E-state index is -0.750. The fourth-order valence-electron chi connectivity index (χ4n) is 2.53. The van der Waals surface area contributed by atoms with E-state index in [1.165, 1.54) is 0 Å². The fraction of sp³-hybridized carbons (Fsp3) is 0.500. The van der Waals surface area contributed by atoms with Crippen LogP contribution in [0.1, 0.15) is 43.1 Å². The molecule has 0 saturated carbocycles. The highest BCUT2D eigenvalue weighted by Gasteiger charge is 2.40. The van der Waals surface area contributed by atoms with Crippen molar-refractivity contribution in [3.8, 4) is 0 Å². The second kappa shape index (κ2) is 3.01. The second-order valence-electron chi connectivity index (χ2n) is 4.86. The van der Waals surface area contributed by atoms with Gasteiger partial charge in [0.25, 0.3) is 0 Å². The Bertz CT molecular complexity index is 424. The van der Waals surface area contributed by atoms with Gasteiger partial charge in [0, 0.05) is 6.07 Å². The van der Waals surface area contributed by atoms with Crippen LogP contribution in [0.4, 0.5) is 8.78 Å². The maximum atomic E-state index is 13.6. The second-order valence-corrected chi connectivity index (χ2v) is 4.86. The molecule has 0 unspecified atom stereocenters. The van der Waals surface area contributed by atoms with E-state index >= 15 is 0 Å². The maximum absolute atomic E-state index is 13.6. The van der Waals surface area contributed by atoms with Crippen LogP contribution in [-0.4, -0.2) is 5.11 Å². The Kier molecular flexibility index (Phi) is 2.12. The molecule has 0 fully saturated rings. The molecule has 0 spiro atoms. The summed E-state index contributed by atoms with van der Waals surface area (Å²) in [5, 5.41) is 9.81. The third-order valence-corrected chi connectivity index (χ3v) is 3.24. The van der Waals surface area contributed by atoms with Gasteiger partial charge in [0.2, 0.25) is 0 Å². The molecule has 15 heavy (non-hydrogen) atoms. The summed E-state index contributed by atoms with van der Waals surface area (Å²) in [5.74, 6) is -1.13. The van der Waals surface area contributed by atoms with Crippen LogP contribution in [0.25, 0.3) is 0 Å². The lowest BCUT2D eigenvalue weighted by Crippen LogP contribution is -2.14. The van der Waals surface area contributed by atoms with Crippen molar-refractivity contribution < 1.29 is 13.9 Å². The number of hydrogen-bond donors (Lipinski definition) is 1. The fourth-order valence-corrected chi connectivity index (χ4v) is 2.53. The first-order valence-corrected chi connectivity index (χ1v) is 5.01. The molecule has 1 nitrogen and oxygen atoms in total. The standard InChI is InChI=1S/C12H14F2O/c1-6-7(13)4-8(14)11-10(6)9(15)5-12(11,2)3/h4,9,15H,5H2,1-3H3/t9-/m0/s1. The number of fused-ring (bicyclic) bond motifs is 1.